The van der Waals surface area contributed by atoms with Crippen molar-refractivity contribution in [1.29, 1.82) is 0 Å². The topological polar surface area (TPSA) is 15.3 Å². The molecule has 17 heavy (non-hydrogen) atoms. The van der Waals surface area contributed by atoms with Gasteiger partial charge in [-0.3, -0.25) is 0 Å². The number of hydrogen-bond donors (Lipinski definition) is 1. The third kappa shape index (κ3) is 4.49. The second-order valence-electron chi connectivity index (χ2n) is 5.07. The summed E-state index contributed by atoms with van der Waals surface area (Å²) in [4.78, 5) is 2.58. The van der Waals surface area contributed by atoms with Gasteiger partial charge in [0, 0.05) is 19.6 Å². The first kappa shape index (κ1) is 12.6. The number of piperidine rings is 1. The lowest BCUT2D eigenvalue weighted by atomic mass is 10.1. The van der Waals surface area contributed by atoms with E-state index >= 15 is 0 Å². The average molecular weight is 232 g/mol. The zero-order valence-electron chi connectivity index (χ0n) is 10.9. The molecule has 0 radical (unpaired) electrons. The molecule has 1 aromatic rings. The van der Waals surface area contributed by atoms with E-state index in [9.17, 15) is 0 Å². The number of benzene rings is 1. The van der Waals surface area contributed by atoms with Crippen LogP contribution in [-0.2, 0) is 6.54 Å². The molecular formula is C15H24N2. The third-order valence-electron chi connectivity index (χ3n) is 3.47. The molecular weight excluding hydrogens is 208 g/mol. The van der Waals surface area contributed by atoms with Crippen LogP contribution in [-0.4, -0.2) is 31.1 Å². The zero-order valence-corrected chi connectivity index (χ0v) is 10.9. The highest BCUT2D eigenvalue weighted by Gasteiger charge is 2.08. The van der Waals surface area contributed by atoms with Crippen molar-refractivity contribution in [3.05, 3.63) is 35.4 Å². The molecule has 0 aromatic heterocycles. The lowest BCUT2D eigenvalue weighted by molar-refractivity contribution is 0.229. The van der Waals surface area contributed by atoms with Crippen LogP contribution >= 0.6 is 0 Å². The molecule has 2 heteroatoms. The Morgan fingerprint density at radius 3 is 2.76 bits per heavy atom. The first-order valence-electron chi connectivity index (χ1n) is 6.83. The summed E-state index contributed by atoms with van der Waals surface area (Å²) >= 11 is 0. The fraction of sp³-hybridized carbons (Fsp3) is 0.600. The fourth-order valence-corrected chi connectivity index (χ4v) is 2.48. The predicted octanol–water partition coefficient (Wildman–Crippen LogP) is 2.57. The smallest absolute Gasteiger partial charge is 0.0206 e. The molecule has 1 aliphatic rings. The normalized spacial score (nSPS) is 17.2. The van der Waals surface area contributed by atoms with Crippen molar-refractivity contribution >= 4 is 0 Å². The molecule has 0 aliphatic carbocycles. The number of rotatable bonds is 5. The minimum absolute atomic E-state index is 0.996. The Labute approximate surface area is 105 Å². The van der Waals surface area contributed by atoms with Gasteiger partial charge in [-0.05, 0) is 38.4 Å². The van der Waals surface area contributed by atoms with Gasteiger partial charge in [0.1, 0.15) is 0 Å². The van der Waals surface area contributed by atoms with Crippen LogP contribution < -0.4 is 5.32 Å². The van der Waals surface area contributed by atoms with Crippen LogP contribution in [0.25, 0.3) is 0 Å². The van der Waals surface area contributed by atoms with Gasteiger partial charge in [0.05, 0.1) is 0 Å². The molecule has 0 unspecified atom stereocenters. The van der Waals surface area contributed by atoms with Gasteiger partial charge in [0.15, 0.2) is 0 Å². The first-order chi connectivity index (χ1) is 8.34. The average Bonchev–Trinajstić information content (AvgIpc) is 2.36. The van der Waals surface area contributed by atoms with Gasteiger partial charge >= 0.3 is 0 Å². The largest absolute Gasteiger partial charge is 0.311 e. The van der Waals surface area contributed by atoms with E-state index < -0.39 is 0 Å². The third-order valence-corrected chi connectivity index (χ3v) is 3.47. The molecule has 2 nitrogen and oxygen atoms in total. The van der Waals surface area contributed by atoms with Crippen LogP contribution in [0.15, 0.2) is 24.3 Å². The number of likely N-dealkylation sites (tertiary alicyclic amines) is 1. The SMILES string of the molecule is Cc1cccc(CNCCN2CCCCC2)c1. The summed E-state index contributed by atoms with van der Waals surface area (Å²) in [6.07, 6.45) is 4.20. The summed E-state index contributed by atoms with van der Waals surface area (Å²) in [6.45, 7) is 8.05. The Morgan fingerprint density at radius 1 is 1.18 bits per heavy atom. The van der Waals surface area contributed by atoms with Gasteiger partial charge in [-0.1, -0.05) is 36.2 Å². The van der Waals surface area contributed by atoms with Crippen LogP contribution in [0.4, 0.5) is 0 Å². The zero-order chi connectivity index (χ0) is 11.9. The molecule has 1 N–H and O–H groups in total. The summed E-state index contributed by atoms with van der Waals surface area (Å²) in [6, 6.07) is 8.74. The Kier molecular flexibility index (Phi) is 5.02. The molecule has 1 aromatic carbocycles. The van der Waals surface area contributed by atoms with Gasteiger partial charge < -0.3 is 10.2 Å². The molecule has 1 aliphatic heterocycles. The first-order valence-corrected chi connectivity index (χ1v) is 6.83. The minimum atomic E-state index is 0.996. The monoisotopic (exact) mass is 232 g/mol. The van der Waals surface area contributed by atoms with E-state index in [1.54, 1.807) is 0 Å². The fourth-order valence-electron chi connectivity index (χ4n) is 2.48. The van der Waals surface area contributed by atoms with Crippen molar-refractivity contribution < 1.29 is 0 Å². The summed E-state index contributed by atoms with van der Waals surface area (Å²) in [5.41, 5.74) is 2.74. The van der Waals surface area contributed by atoms with Crippen LogP contribution in [0.1, 0.15) is 30.4 Å². The number of hydrogen-bond acceptors (Lipinski definition) is 2. The highest BCUT2D eigenvalue weighted by atomic mass is 15.1. The Hall–Kier alpha value is -0.860. The maximum atomic E-state index is 3.53. The standard InChI is InChI=1S/C15H24N2/c1-14-6-5-7-15(12-14)13-16-8-11-17-9-3-2-4-10-17/h5-7,12,16H,2-4,8-11,13H2,1H3. The van der Waals surface area contributed by atoms with Crippen molar-refractivity contribution in [3.8, 4) is 0 Å². The summed E-state index contributed by atoms with van der Waals surface area (Å²) in [5, 5.41) is 3.53. The van der Waals surface area contributed by atoms with E-state index in [4.69, 9.17) is 0 Å². The Bertz CT molecular complexity index is 329. The van der Waals surface area contributed by atoms with E-state index in [1.165, 1.54) is 50.0 Å². The Morgan fingerprint density at radius 2 is 2.00 bits per heavy atom. The summed E-state index contributed by atoms with van der Waals surface area (Å²) in [5.74, 6) is 0. The van der Waals surface area contributed by atoms with Gasteiger partial charge in [0.25, 0.3) is 0 Å². The molecule has 0 atom stereocenters. The van der Waals surface area contributed by atoms with E-state index in [0.29, 0.717) is 0 Å². The van der Waals surface area contributed by atoms with Crippen LogP contribution in [0.3, 0.4) is 0 Å². The number of nitrogens with zero attached hydrogens (tertiary/aromatic N) is 1. The molecule has 1 fully saturated rings. The van der Waals surface area contributed by atoms with Crippen LogP contribution in [0.5, 0.6) is 0 Å². The summed E-state index contributed by atoms with van der Waals surface area (Å²) < 4.78 is 0. The molecule has 1 saturated heterocycles. The minimum Gasteiger partial charge on any atom is -0.311 e. The molecule has 1 heterocycles. The van der Waals surface area contributed by atoms with Gasteiger partial charge in [-0.25, -0.2) is 0 Å². The van der Waals surface area contributed by atoms with Crippen molar-refractivity contribution in [2.45, 2.75) is 32.7 Å². The molecule has 0 saturated carbocycles. The maximum absolute atomic E-state index is 3.53. The van der Waals surface area contributed by atoms with E-state index in [1.807, 2.05) is 0 Å². The molecule has 0 bridgehead atoms. The summed E-state index contributed by atoms with van der Waals surface area (Å²) in [7, 11) is 0. The lowest BCUT2D eigenvalue weighted by Gasteiger charge is -2.26. The molecule has 2 rings (SSSR count). The van der Waals surface area contributed by atoms with Crippen LogP contribution in [0, 0.1) is 6.92 Å². The quantitative estimate of drug-likeness (QED) is 0.785. The van der Waals surface area contributed by atoms with Crippen molar-refractivity contribution in [2.75, 3.05) is 26.2 Å². The number of aryl methyl sites for hydroxylation is 1. The van der Waals surface area contributed by atoms with Crippen molar-refractivity contribution in [1.82, 2.24) is 10.2 Å². The lowest BCUT2D eigenvalue weighted by Crippen LogP contribution is -2.35. The Balaban J connectivity index is 1.62. The van der Waals surface area contributed by atoms with Crippen molar-refractivity contribution in [3.63, 3.8) is 0 Å². The van der Waals surface area contributed by atoms with E-state index in [-0.39, 0.29) is 0 Å². The van der Waals surface area contributed by atoms with Gasteiger partial charge in [-0.15, -0.1) is 0 Å². The highest BCUT2D eigenvalue weighted by molar-refractivity contribution is 5.21. The second kappa shape index (κ2) is 6.77. The number of nitrogens with one attached hydrogen (secondary N) is 1. The van der Waals surface area contributed by atoms with Crippen LogP contribution in [0.2, 0.25) is 0 Å². The van der Waals surface area contributed by atoms with Crippen molar-refractivity contribution in [2.24, 2.45) is 0 Å². The molecule has 0 spiro atoms. The maximum Gasteiger partial charge on any atom is 0.0206 e. The molecule has 94 valence electrons. The molecule has 0 amide bonds. The van der Waals surface area contributed by atoms with E-state index in [2.05, 4.69) is 41.4 Å². The van der Waals surface area contributed by atoms with Gasteiger partial charge in [-0.2, -0.15) is 0 Å². The highest BCUT2D eigenvalue weighted by Crippen LogP contribution is 2.07. The second-order valence-corrected chi connectivity index (χ2v) is 5.07. The predicted molar refractivity (Wildman–Crippen MR) is 73.2 cm³/mol. The van der Waals surface area contributed by atoms with Gasteiger partial charge in [0.2, 0.25) is 0 Å². The van der Waals surface area contributed by atoms with E-state index in [0.717, 1.165) is 13.1 Å².